The van der Waals surface area contributed by atoms with Crippen LogP contribution in [0.5, 0.6) is 0 Å². The van der Waals surface area contributed by atoms with Crippen molar-refractivity contribution in [1.82, 2.24) is 9.78 Å². The highest BCUT2D eigenvalue weighted by Crippen LogP contribution is 2.29. The summed E-state index contributed by atoms with van der Waals surface area (Å²) in [7, 11) is -4.51. The summed E-state index contributed by atoms with van der Waals surface area (Å²) < 4.78 is 30.2. The van der Waals surface area contributed by atoms with E-state index in [0.29, 0.717) is 22.8 Å². The molecule has 0 amide bonds. The van der Waals surface area contributed by atoms with Gasteiger partial charge in [-0.2, -0.15) is 10.2 Å². The van der Waals surface area contributed by atoms with Crippen LogP contribution in [0.1, 0.15) is 27.2 Å². The number of hydrogen-bond donors (Lipinski definition) is 3. The number of nitro benzene ring substituents is 1. The number of benzene rings is 3. The number of carboxylic acid groups (broad SMARTS) is 1. The quantitative estimate of drug-likeness (QED) is 0.123. The van der Waals surface area contributed by atoms with Gasteiger partial charge in [0, 0.05) is 17.2 Å². The molecule has 206 valence electrons. The molecule has 0 aliphatic rings. The molecular weight excluding hydrogens is 583 g/mol. The van der Waals surface area contributed by atoms with Crippen LogP contribution in [0.15, 0.2) is 76.7 Å². The number of non-ortho nitro benzene ring substituents is 1. The summed E-state index contributed by atoms with van der Waals surface area (Å²) >= 11 is 12.4. The van der Waals surface area contributed by atoms with Gasteiger partial charge in [-0.1, -0.05) is 47.5 Å². The second kappa shape index (κ2) is 11.7. The Hall–Kier alpha value is -4.46. The van der Waals surface area contributed by atoms with Gasteiger partial charge in [0.25, 0.3) is 15.7 Å². The number of hydrazone groups is 1. The zero-order valence-electron chi connectivity index (χ0n) is 20.6. The molecule has 3 aromatic carbocycles. The normalized spacial score (nSPS) is 11.5. The highest BCUT2D eigenvalue weighted by Gasteiger charge is 2.24. The van der Waals surface area contributed by atoms with Crippen LogP contribution >= 0.6 is 23.2 Å². The van der Waals surface area contributed by atoms with Gasteiger partial charge < -0.3 is 5.11 Å². The molecule has 0 radical (unpaired) electrons. The van der Waals surface area contributed by atoms with Crippen molar-refractivity contribution in [2.45, 2.75) is 18.4 Å². The van der Waals surface area contributed by atoms with Crippen LogP contribution in [0, 0.1) is 17.0 Å². The number of sulfonamides is 1. The van der Waals surface area contributed by atoms with Crippen molar-refractivity contribution in [3.05, 3.63) is 109 Å². The number of aromatic carboxylic acids is 1. The minimum Gasteiger partial charge on any atom is -0.478 e. The first-order chi connectivity index (χ1) is 19.0. The van der Waals surface area contributed by atoms with E-state index < -0.39 is 31.5 Å². The van der Waals surface area contributed by atoms with Gasteiger partial charge in [0.15, 0.2) is 0 Å². The van der Waals surface area contributed by atoms with Crippen LogP contribution < -0.4 is 10.1 Å². The van der Waals surface area contributed by atoms with Crippen LogP contribution in [0.2, 0.25) is 10.2 Å². The number of halogens is 2. The number of nitrogens with one attached hydrogen (secondary N) is 2. The Bertz CT molecular complexity index is 1740. The fourth-order valence-corrected chi connectivity index (χ4v) is 5.31. The molecule has 0 saturated carbocycles. The predicted octanol–water partition coefficient (Wildman–Crippen LogP) is 5.40. The van der Waals surface area contributed by atoms with E-state index in [1.54, 1.807) is 23.7 Å². The van der Waals surface area contributed by atoms with E-state index in [1.165, 1.54) is 36.5 Å². The first kappa shape index (κ1) is 28.5. The zero-order valence-corrected chi connectivity index (χ0v) is 22.9. The molecule has 40 heavy (non-hydrogen) atoms. The SMILES string of the molecule is Cc1nn(Cc2ccc(Cl)cc2)c(Cl)c1/C=N/Nc1ccc([N+](=O)[O-])cc1S(=O)(=O)Nc1ccccc1C(=O)O. The lowest BCUT2D eigenvalue weighted by atomic mass is 10.2. The van der Waals surface area contributed by atoms with Gasteiger partial charge >= 0.3 is 5.97 Å². The Kier molecular flexibility index (Phi) is 8.38. The van der Waals surface area contributed by atoms with Crippen LogP contribution in [0.3, 0.4) is 0 Å². The van der Waals surface area contributed by atoms with Crippen LogP contribution in [-0.4, -0.2) is 40.4 Å². The monoisotopic (exact) mass is 602 g/mol. The molecular formula is C25H20Cl2N6O6S. The summed E-state index contributed by atoms with van der Waals surface area (Å²) in [6, 6.07) is 15.6. The Morgan fingerprint density at radius 1 is 1.12 bits per heavy atom. The second-order valence-corrected chi connectivity index (χ2v) is 10.8. The smallest absolute Gasteiger partial charge is 0.337 e. The zero-order chi connectivity index (χ0) is 29.0. The number of rotatable bonds is 10. The minimum absolute atomic E-state index is 0.107. The van der Waals surface area contributed by atoms with E-state index in [0.717, 1.165) is 17.7 Å². The lowest BCUT2D eigenvalue weighted by molar-refractivity contribution is -0.385. The highest BCUT2D eigenvalue weighted by molar-refractivity contribution is 7.93. The van der Waals surface area contributed by atoms with Crippen molar-refractivity contribution < 1.29 is 23.2 Å². The van der Waals surface area contributed by atoms with Gasteiger partial charge in [-0.05, 0) is 42.8 Å². The molecule has 0 spiro atoms. The molecule has 12 nitrogen and oxygen atoms in total. The molecule has 15 heteroatoms. The Morgan fingerprint density at radius 2 is 1.82 bits per heavy atom. The molecule has 0 fully saturated rings. The maximum Gasteiger partial charge on any atom is 0.337 e. The van der Waals surface area contributed by atoms with Crippen molar-refractivity contribution in [3.8, 4) is 0 Å². The number of hydrogen-bond acceptors (Lipinski definition) is 8. The van der Waals surface area contributed by atoms with Gasteiger partial charge in [0.2, 0.25) is 0 Å². The third kappa shape index (κ3) is 6.39. The Labute approximate surface area is 238 Å². The van der Waals surface area contributed by atoms with E-state index in [9.17, 15) is 28.4 Å². The third-order valence-electron chi connectivity index (χ3n) is 5.60. The molecule has 0 atom stereocenters. The van der Waals surface area contributed by atoms with Crippen molar-refractivity contribution in [2.75, 3.05) is 10.1 Å². The lowest BCUT2D eigenvalue weighted by Gasteiger charge is -2.13. The van der Waals surface area contributed by atoms with Crippen LogP contribution in [-0.2, 0) is 16.6 Å². The van der Waals surface area contributed by atoms with Gasteiger partial charge in [0.05, 0.1) is 45.9 Å². The molecule has 0 saturated heterocycles. The largest absolute Gasteiger partial charge is 0.478 e. The second-order valence-electron chi connectivity index (χ2n) is 8.34. The van der Waals surface area contributed by atoms with E-state index in [-0.39, 0.29) is 22.1 Å². The van der Waals surface area contributed by atoms with E-state index in [4.69, 9.17) is 23.2 Å². The maximum atomic E-state index is 13.3. The molecule has 0 aliphatic heterocycles. The predicted molar refractivity (Wildman–Crippen MR) is 151 cm³/mol. The molecule has 0 bridgehead atoms. The molecule has 0 aliphatic carbocycles. The molecule has 4 rings (SSSR count). The number of anilines is 2. The van der Waals surface area contributed by atoms with E-state index in [2.05, 4.69) is 20.3 Å². The van der Waals surface area contributed by atoms with Crippen LogP contribution in [0.4, 0.5) is 17.1 Å². The Balaban J connectivity index is 1.63. The number of carboxylic acids is 1. The maximum absolute atomic E-state index is 13.3. The first-order valence-corrected chi connectivity index (χ1v) is 13.6. The van der Waals surface area contributed by atoms with Gasteiger partial charge in [0.1, 0.15) is 10.0 Å². The van der Waals surface area contributed by atoms with Crippen LogP contribution in [0.25, 0.3) is 0 Å². The Morgan fingerprint density at radius 3 is 2.50 bits per heavy atom. The van der Waals surface area contributed by atoms with Crippen molar-refractivity contribution in [3.63, 3.8) is 0 Å². The van der Waals surface area contributed by atoms with Crippen molar-refractivity contribution >= 4 is 62.5 Å². The summed E-state index contributed by atoms with van der Waals surface area (Å²) in [5.41, 5.74) is 3.38. The summed E-state index contributed by atoms with van der Waals surface area (Å²) in [6.07, 6.45) is 1.34. The summed E-state index contributed by atoms with van der Waals surface area (Å²) in [6.45, 7) is 2.09. The number of carbonyl (C=O) groups is 1. The van der Waals surface area contributed by atoms with Gasteiger partial charge in [-0.3, -0.25) is 20.3 Å². The van der Waals surface area contributed by atoms with Gasteiger partial charge in [-0.25, -0.2) is 17.9 Å². The summed E-state index contributed by atoms with van der Waals surface area (Å²) in [5, 5.41) is 30.1. The number of nitrogens with zero attached hydrogens (tertiary/aromatic N) is 4. The fourth-order valence-electron chi connectivity index (χ4n) is 3.65. The first-order valence-electron chi connectivity index (χ1n) is 11.4. The molecule has 3 N–H and O–H groups in total. The number of nitro groups is 1. The van der Waals surface area contributed by atoms with Gasteiger partial charge in [-0.15, -0.1) is 0 Å². The number of aromatic nitrogens is 2. The van der Waals surface area contributed by atoms with E-state index in [1.807, 2.05) is 12.1 Å². The minimum atomic E-state index is -4.51. The lowest BCUT2D eigenvalue weighted by Crippen LogP contribution is -2.17. The average molecular weight is 603 g/mol. The summed E-state index contributed by atoms with van der Waals surface area (Å²) in [5.74, 6) is -1.36. The van der Waals surface area contributed by atoms with Crippen molar-refractivity contribution in [1.29, 1.82) is 0 Å². The highest BCUT2D eigenvalue weighted by atomic mass is 35.5. The van der Waals surface area contributed by atoms with Crippen molar-refractivity contribution in [2.24, 2.45) is 5.10 Å². The average Bonchev–Trinajstić information content (AvgIpc) is 3.17. The van der Waals surface area contributed by atoms with E-state index >= 15 is 0 Å². The molecule has 4 aromatic rings. The molecule has 0 unspecified atom stereocenters. The number of aryl methyl sites for hydroxylation is 1. The number of para-hydroxylation sites is 1. The molecule has 1 heterocycles. The standard InChI is InChI=1S/C25H20Cl2N6O6S/c1-15-20(24(27)32(30-15)14-16-6-8-17(26)9-7-16)13-28-29-22-11-10-18(33(36)37)12-23(22)40(38,39)31-21-5-3-2-4-19(21)25(34)35/h2-13,29,31H,14H2,1H3,(H,34,35)/b28-13+. The topological polar surface area (TPSA) is 169 Å². The summed E-state index contributed by atoms with van der Waals surface area (Å²) in [4.78, 5) is 21.6. The molecule has 1 aromatic heterocycles. The third-order valence-corrected chi connectivity index (χ3v) is 7.66. The fraction of sp³-hybridized carbons (Fsp3) is 0.0800.